The molecule has 1 aromatic heterocycles. The van der Waals surface area contributed by atoms with Crippen LogP contribution in [0.4, 0.5) is 5.69 Å². The van der Waals surface area contributed by atoms with Crippen LogP contribution >= 0.6 is 11.6 Å². The van der Waals surface area contributed by atoms with E-state index in [0.717, 1.165) is 60.8 Å². The zero-order valence-electron chi connectivity index (χ0n) is 16.7. The summed E-state index contributed by atoms with van der Waals surface area (Å²) in [6.07, 6.45) is 3.08. The number of hydrogen-bond donors (Lipinski definition) is 1. The molecule has 29 heavy (non-hydrogen) atoms. The summed E-state index contributed by atoms with van der Waals surface area (Å²) in [4.78, 5) is 29.4. The summed E-state index contributed by atoms with van der Waals surface area (Å²) in [5, 5.41) is 8.16. The number of anilines is 1. The van der Waals surface area contributed by atoms with Crippen molar-refractivity contribution in [1.82, 2.24) is 20.0 Å². The van der Waals surface area contributed by atoms with Crippen LogP contribution in [0.5, 0.6) is 0 Å². The number of carbonyl (C=O) groups excluding carboxylic acids is 2. The van der Waals surface area contributed by atoms with Crippen molar-refractivity contribution in [3.05, 3.63) is 34.5 Å². The Hall–Kier alpha value is -2.38. The van der Waals surface area contributed by atoms with Crippen LogP contribution in [0, 0.1) is 5.41 Å². The third-order valence-electron chi connectivity index (χ3n) is 6.53. The van der Waals surface area contributed by atoms with Crippen molar-refractivity contribution in [3.63, 3.8) is 0 Å². The Balaban J connectivity index is 1.33. The number of nitrogens with one attached hydrogen (secondary N) is 1. The molecule has 2 saturated heterocycles. The molecule has 3 aliphatic rings. The molecule has 2 amide bonds. The monoisotopic (exact) mass is 413 g/mol. The van der Waals surface area contributed by atoms with Gasteiger partial charge in [0.2, 0.25) is 11.8 Å². The van der Waals surface area contributed by atoms with Crippen molar-refractivity contribution in [2.45, 2.75) is 26.3 Å². The molecule has 0 radical (unpaired) electrons. The molecule has 0 bridgehead atoms. The Morgan fingerprint density at radius 1 is 1.24 bits per heavy atom. The minimum absolute atomic E-state index is 0.118. The molecule has 152 valence electrons. The third-order valence-corrected chi connectivity index (χ3v) is 6.96. The lowest BCUT2D eigenvalue weighted by molar-refractivity contribution is -0.157. The molecule has 3 aliphatic heterocycles. The molecule has 7 nitrogen and oxygen atoms in total. The number of benzene rings is 1. The summed E-state index contributed by atoms with van der Waals surface area (Å²) in [6, 6.07) is 3.93. The van der Waals surface area contributed by atoms with Crippen LogP contribution in [0.15, 0.2) is 18.3 Å². The molecule has 1 aromatic carbocycles. The first-order chi connectivity index (χ1) is 13.9. The Bertz CT molecular complexity index is 1000. The van der Waals surface area contributed by atoms with Gasteiger partial charge in [-0.1, -0.05) is 11.6 Å². The summed E-state index contributed by atoms with van der Waals surface area (Å²) in [7, 11) is 1.80. The minimum atomic E-state index is 0.118. The molecule has 2 fully saturated rings. The van der Waals surface area contributed by atoms with Crippen LogP contribution in [-0.2, 0) is 22.6 Å². The molecule has 8 heteroatoms. The number of halogens is 1. The topological polar surface area (TPSA) is 72.5 Å². The number of hydrogen-bond acceptors (Lipinski definition) is 4. The van der Waals surface area contributed by atoms with E-state index in [1.54, 1.807) is 18.9 Å². The second kappa shape index (κ2) is 6.57. The number of aromatic nitrogens is 2. The average Bonchev–Trinajstić information content (AvgIpc) is 3.07. The third kappa shape index (κ3) is 2.95. The lowest BCUT2D eigenvalue weighted by atomic mass is 9.72. The van der Waals surface area contributed by atoms with E-state index in [-0.39, 0.29) is 17.2 Å². The number of likely N-dealkylation sites (tertiary alicyclic amines) is 2. The van der Waals surface area contributed by atoms with Crippen LogP contribution in [0.25, 0.3) is 11.3 Å². The predicted molar refractivity (Wildman–Crippen MR) is 111 cm³/mol. The van der Waals surface area contributed by atoms with Gasteiger partial charge >= 0.3 is 0 Å². The fourth-order valence-electron chi connectivity index (χ4n) is 4.99. The van der Waals surface area contributed by atoms with E-state index in [4.69, 9.17) is 11.6 Å². The van der Waals surface area contributed by atoms with Crippen LogP contribution in [0.2, 0.25) is 5.02 Å². The van der Waals surface area contributed by atoms with E-state index in [1.165, 1.54) is 0 Å². The molecule has 1 N–H and O–H groups in total. The maximum absolute atomic E-state index is 12.0. The van der Waals surface area contributed by atoms with Crippen LogP contribution in [0.3, 0.4) is 0 Å². The van der Waals surface area contributed by atoms with E-state index in [1.807, 2.05) is 23.2 Å². The van der Waals surface area contributed by atoms with Gasteiger partial charge in [0, 0.05) is 81.5 Å². The second-order valence-electron chi connectivity index (χ2n) is 8.66. The van der Waals surface area contributed by atoms with Crippen LogP contribution < -0.4 is 4.90 Å². The van der Waals surface area contributed by atoms with Gasteiger partial charge < -0.3 is 9.80 Å². The number of aromatic amines is 1. The maximum atomic E-state index is 12.0. The van der Waals surface area contributed by atoms with Crippen LogP contribution in [-0.4, -0.2) is 65.0 Å². The van der Waals surface area contributed by atoms with Crippen molar-refractivity contribution in [2.24, 2.45) is 5.41 Å². The van der Waals surface area contributed by atoms with Crippen LogP contribution in [0.1, 0.15) is 24.5 Å². The molecule has 0 aliphatic carbocycles. The number of amides is 2. The smallest absolute Gasteiger partial charge is 0.227 e. The minimum Gasteiger partial charge on any atom is -0.341 e. The highest BCUT2D eigenvalue weighted by molar-refractivity contribution is 6.34. The van der Waals surface area contributed by atoms with Crippen molar-refractivity contribution in [1.29, 1.82) is 0 Å². The highest BCUT2D eigenvalue weighted by Gasteiger charge is 2.52. The molecule has 2 aromatic rings. The molecular weight excluding hydrogens is 390 g/mol. The largest absolute Gasteiger partial charge is 0.341 e. The first kappa shape index (κ1) is 18.6. The van der Waals surface area contributed by atoms with Crippen molar-refractivity contribution in [3.8, 4) is 11.3 Å². The Kier molecular flexibility index (Phi) is 4.22. The van der Waals surface area contributed by atoms with Gasteiger partial charge in [0.25, 0.3) is 0 Å². The maximum Gasteiger partial charge on any atom is 0.227 e. The summed E-state index contributed by atoms with van der Waals surface area (Å²) in [5.74, 6) is 0.286. The highest BCUT2D eigenvalue weighted by atomic mass is 35.5. The molecular formula is C21H24ClN5O2. The Labute approximate surface area is 174 Å². The van der Waals surface area contributed by atoms with Gasteiger partial charge in [-0.05, 0) is 24.1 Å². The van der Waals surface area contributed by atoms with Gasteiger partial charge in [-0.2, -0.15) is 5.10 Å². The second-order valence-corrected chi connectivity index (χ2v) is 9.03. The standard InChI is InChI=1S/C21H24ClN5O2/c1-13(28)27-11-21(12-27)9-26(10-21)8-14-7-23-24-20(14)16-3-5-17-15(19(16)22)4-6-18(29)25(17)2/h3,5,7H,4,6,8-12H2,1-2H3,(H,23,24). The van der Waals surface area contributed by atoms with E-state index in [2.05, 4.69) is 15.1 Å². The number of H-pyrrole nitrogens is 1. The van der Waals surface area contributed by atoms with Gasteiger partial charge in [0.15, 0.2) is 0 Å². The fourth-order valence-corrected chi connectivity index (χ4v) is 5.33. The summed E-state index contributed by atoms with van der Waals surface area (Å²) >= 11 is 6.77. The molecule has 0 atom stereocenters. The number of rotatable bonds is 3. The summed E-state index contributed by atoms with van der Waals surface area (Å²) in [5.41, 5.74) is 5.09. The number of fused-ring (bicyclic) bond motifs is 1. The average molecular weight is 414 g/mol. The van der Waals surface area contributed by atoms with Gasteiger partial charge in [0.1, 0.15) is 0 Å². The number of carbonyl (C=O) groups is 2. The first-order valence-electron chi connectivity index (χ1n) is 9.96. The Morgan fingerprint density at radius 2 is 2.00 bits per heavy atom. The highest BCUT2D eigenvalue weighted by Crippen LogP contribution is 2.42. The lowest BCUT2D eigenvalue weighted by Gasteiger charge is -2.60. The zero-order chi connectivity index (χ0) is 20.3. The molecule has 5 rings (SSSR count). The normalized spacial score (nSPS) is 20.4. The fraction of sp³-hybridized carbons (Fsp3) is 0.476. The molecule has 1 spiro atoms. The van der Waals surface area contributed by atoms with E-state index in [0.29, 0.717) is 17.9 Å². The predicted octanol–water partition coefficient (Wildman–Crippen LogP) is 2.30. The molecule has 0 saturated carbocycles. The SMILES string of the molecule is CC(=O)N1CC2(CN(Cc3c[nH]nc3-c3ccc4c(c3Cl)CCC(=O)N4C)C2)C1. The zero-order valence-corrected chi connectivity index (χ0v) is 17.4. The summed E-state index contributed by atoms with van der Waals surface area (Å²) < 4.78 is 0. The number of nitrogens with zero attached hydrogens (tertiary/aromatic N) is 4. The first-order valence-corrected chi connectivity index (χ1v) is 10.3. The van der Waals surface area contributed by atoms with Crippen molar-refractivity contribution in [2.75, 3.05) is 38.1 Å². The summed E-state index contributed by atoms with van der Waals surface area (Å²) in [6.45, 7) is 6.20. The van der Waals surface area contributed by atoms with E-state index >= 15 is 0 Å². The van der Waals surface area contributed by atoms with Crippen molar-refractivity contribution >= 4 is 29.1 Å². The Morgan fingerprint density at radius 3 is 2.72 bits per heavy atom. The van der Waals surface area contributed by atoms with Gasteiger partial charge in [-0.3, -0.25) is 19.6 Å². The molecule has 0 unspecified atom stereocenters. The van der Waals surface area contributed by atoms with Gasteiger partial charge in [-0.25, -0.2) is 0 Å². The van der Waals surface area contributed by atoms with Crippen molar-refractivity contribution < 1.29 is 9.59 Å². The van der Waals surface area contributed by atoms with E-state index < -0.39 is 0 Å². The quantitative estimate of drug-likeness (QED) is 0.838. The van der Waals surface area contributed by atoms with Gasteiger partial charge in [0.05, 0.1) is 10.7 Å². The van der Waals surface area contributed by atoms with Gasteiger partial charge in [-0.15, -0.1) is 0 Å². The molecule has 4 heterocycles. The lowest BCUT2D eigenvalue weighted by Crippen LogP contribution is -2.72. The van der Waals surface area contributed by atoms with E-state index in [9.17, 15) is 9.59 Å².